The minimum Gasteiger partial charge on any atom is -0.325 e. The highest BCUT2D eigenvalue weighted by Crippen LogP contribution is 2.12. The van der Waals surface area contributed by atoms with Crippen LogP contribution in [-0.4, -0.2) is 0 Å². The van der Waals surface area contributed by atoms with Crippen molar-refractivity contribution in [3.05, 3.63) is 23.4 Å². The molecule has 1 heteroatoms. The summed E-state index contributed by atoms with van der Waals surface area (Å²) in [6.45, 7) is 2.14. The lowest BCUT2D eigenvalue weighted by Gasteiger charge is -2.02. The molecule has 1 rings (SSSR count). The molecule has 0 aromatic rings. The van der Waals surface area contributed by atoms with Gasteiger partial charge in [0.25, 0.3) is 0 Å². The van der Waals surface area contributed by atoms with Gasteiger partial charge in [-0.05, 0) is 31.4 Å². The highest BCUT2D eigenvalue weighted by atomic mass is 14.6. The third-order valence-electron chi connectivity index (χ3n) is 1.55. The summed E-state index contributed by atoms with van der Waals surface area (Å²) >= 11 is 0. The predicted molar refractivity (Wildman–Crippen MR) is 34.0 cm³/mol. The summed E-state index contributed by atoms with van der Waals surface area (Å²) in [6, 6.07) is 0. The maximum atomic E-state index is 3.87. The first-order valence-electron chi connectivity index (χ1n) is 2.99. The molecule has 1 nitrogen and oxygen atoms in total. The Bertz CT molecular complexity index is 142. The molecule has 1 aliphatic rings. The van der Waals surface area contributed by atoms with Crippen LogP contribution in [0.4, 0.5) is 0 Å². The molecule has 0 bridgehead atoms. The standard InChI is InChI=1S/C7H11N/c1-6-4-2-3-5-7(6)8/h3,5H,2,4,8H2,1H3/p+1. The zero-order valence-corrected chi connectivity index (χ0v) is 5.28. The molecular formula is C7H12N+. The average molecular weight is 110 g/mol. The number of hydrogen-bond acceptors (Lipinski definition) is 0. The van der Waals surface area contributed by atoms with Gasteiger partial charge in [0.1, 0.15) is 5.70 Å². The Hall–Kier alpha value is -0.560. The SMILES string of the molecule is CC1=C([NH3+])C=CCC1. The van der Waals surface area contributed by atoms with Crippen LogP contribution in [0.15, 0.2) is 23.4 Å². The maximum Gasteiger partial charge on any atom is 0.126 e. The quantitative estimate of drug-likeness (QED) is 0.479. The van der Waals surface area contributed by atoms with Gasteiger partial charge in [-0.3, -0.25) is 0 Å². The van der Waals surface area contributed by atoms with Gasteiger partial charge in [-0.1, -0.05) is 6.08 Å². The molecule has 3 N–H and O–H groups in total. The van der Waals surface area contributed by atoms with Crippen LogP contribution in [0.2, 0.25) is 0 Å². The number of rotatable bonds is 0. The van der Waals surface area contributed by atoms with E-state index < -0.39 is 0 Å². The average Bonchev–Trinajstić information content (AvgIpc) is 1.77. The van der Waals surface area contributed by atoms with Crippen molar-refractivity contribution in [2.75, 3.05) is 0 Å². The van der Waals surface area contributed by atoms with E-state index in [4.69, 9.17) is 0 Å². The highest BCUT2D eigenvalue weighted by Gasteiger charge is 2.00. The summed E-state index contributed by atoms with van der Waals surface area (Å²) < 4.78 is 0. The molecule has 0 fully saturated rings. The van der Waals surface area contributed by atoms with Crippen molar-refractivity contribution < 1.29 is 5.73 Å². The van der Waals surface area contributed by atoms with E-state index in [0.29, 0.717) is 0 Å². The first kappa shape index (κ1) is 5.57. The summed E-state index contributed by atoms with van der Waals surface area (Å²) in [6.07, 6.45) is 6.67. The molecular weight excluding hydrogens is 98.1 g/mol. The molecule has 0 saturated carbocycles. The third-order valence-corrected chi connectivity index (χ3v) is 1.55. The van der Waals surface area contributed by atoms with Gasteiger partial charge in [-0.25, -0.2) is 0 Å². The van der Waals surface area contributed by atoms with Crippen LogP contribution >= 0.6 is 0 Å². The van der Waals surface area contributed by atoms with Gasteiger partial charge in [0, 0.05) is 0 Å². The molecule has 0 aliphatic heterocycles. The van der Waals surface area contributed by atoms with Gasteiger partial charge in [0.15, 0.2) is 0 Å². The van der Waals surface area contributed by atoms with Gasteiger partial charge in [-0.2, -0.15) is 0 Å². The third kappa shape index (κ3) is 0.984. The van der Waals surface area contributed by atoms with Crippen molar-refractivity contribution in [2.24, 2.45) is 0 Å². The first-order chi connectivity index (χ1) is 3.80. The Kier molecular flexibility index (Phi) is 1.49. The Balaban J connectivity index is 2.76. The summed E-state index contributed by atoms with van der Waals surface area (Å²) in [7, 11) is 0. The zero-order chi connectivity index (χ0) is 5.98. The van der Waals surface area contributed by atoms with Gasteiger partial charge < -0.3 is 5.73 Å². The normalized spacial score (nSPS) is 19.8. The van der Waals surface area contributed by atoms with Crippen LogP contribution < -0.4 is 5.73 Å². The maximum absolute atomic E-state index is 3.87. The van der Waals surface area contributed by atoms with Crippen LogP contribution in [-0.2, 0) is 0 Å². The number of quaternary nitrogens is 1. The van der Waals surface area contributed by atoms with Crippen molar-refractivity contribution in [3.8, 4) is 0 Å². The highest BCUT2D eigenvalue weighted by molar-refractivity contribution is 5.20. The largest absolute Gasteiger partial charge is 0.325 e. The molecule has 0 aromatic heterocycles. The Morgan fingerprint density at radius 2 is 2.38 bits per heavy atom. The molecule has 0 saturated heterocycles. The van der Waals surface area contributed by atoms with Crippen LogP contribution in [0.25, 0.3) is 0 Å². The van der Waals surface area contributed by atoms with Crippen molar-refractivity contribution in [1.29, 1.82) is 0 Å². The summed E-state index contributed by atoms with van der Waals surface area (Å²) in [5.41, 5.74) is 6.51. The lowest BCUT2D eigenvalue weighted by atomic mass is 10.0. The van der Waals surface area contributed by atoms with E-state index in [2.05, 4.69) is 24.8 Å². The molecule has 0 atom stereocenters. The summed E-state index contributed by atoms with van der Waals surface area (Å²) in [5, 5.41) is 0. The lowest BCUT2D eigenvalue weighted by molar-refractivity contribution is -0.297. The van der Waals surface area contributed by atoms with Crippen molar-refractivity contribution >= 4 is 0 Å². The van der Waals surface area contributed by atoms with E-state index in [9.17, 15) is 0 Å². The van der Waals surface area contributed by atoms with Crippen LogP contribution in [0.1, 0.15) is 19.8 Å². The topological polar surface area (TPSA) is 27.6 Å². The zero-order valence-electron chi connectivity index (χ0n) is 5.28. The molecule has 8 heavy (non-hydrogen) atoms. The fraction of sp³-hybridized carbons (Fsp3) is 0.429. The van der Waals surface area contributed by atoms with Gasteiger partial charge in [-0.15, -0.1) is 0 Å². The van der Waals surface area contributed by atoms with E-state index >= 15 is 0 Å². The molecule has 0 aromatic carbocycles. The van der Waals surface area contributed by atoms with Crippen LogP contribution in [0.5, 0.6) is 0 Å². The van der Waals surface area contributed by atoms with Gasteiger partial charge in [0.2, 0.25) is 0 Å². The second-order valence-corrected chi connectivity index (χ2v) is 2.25. The van der Waals surface area contributed by atoms with E-state index in [0.717, 1.165) is 0 Å². The van der Waals surface area contributed by atoms with E-state index in [1.807, 2.05) is 0 Å². The Labute approximate surface area is 49.9 Å². The van der Waals surface area contributed by atoms with E-state index in [1.165, 1.54) is 24.1 Å². The number of allylic oxidation sites excluding steroid dienone is 3. The second kappa shape index (κ2) is 2.14. The van der Waals surface area contributed by atoms with Crippen LogP contribution in [0, 0.1) is 0 Å². The first-order valence-corrected chi connectivity index (χ1v) is 2.99. The molecule has 0 amide bonds. The Morgan fingerprint density at radius 1 is 1.62 bits per heavy atom. The number of hydrogen-bond donors (Lipinski definition) is 1. The van der Waals surface area contributed by atoms with Crippen molar-refractivity contribution in [2.45, 2.75) is 19.8 Å². The summed E-state index contributed by atoms with van der Waals surface area (Å²) in [4.78, 5) is 0. The molecule has 0 spiro atoms. The van der Waals surface area contributed by atoms with E-state index in [-0.39, 0.29) is 0 Å². The smallest absolute Gasteiger partial charge is 0.126 e. The van der Waals surface area contributed by atoms with Gasteiger partial charge >= 0.3 is 0 Å². The molecule has 1 aliphatic carbocycles. The van der Waals surface area contributed by atoms with Crippen LogP contribution in [0.3, 0.4) is 0 Å². The second-order valence-electron chi connectivity index (χ2n) is 2.25. The van der Waals surface area contributed by atoms with E-state index in [1.54, 1.807) is 0 Å². The van der Waals surface area contributed by atoms with Crippen molar-refractivity contribution in [3.63, 3.8) is 0 Å². The minimum atomic E-state index is 1.20. The fourth-order valence-corrected chi connectivity index (χ4v) is 0.828. The predicted octanol–water partition coefficient (Wildman–Crippen LogP) is 0.852. The lowest BCUT2D eigenvalue weighted by Crippen LogP contribution is -2.47. The summed E-state index contributed by atoms with van der Waals surface area (Å²) in [5.74, 6) is 0. The minimum absolute atomic E-state index is 1.20. The monoisotopic (exact) mass is 110 g/mol. The van der Waals surface area contributed by atoms with Gasteiger partial charge in [0.05, 0.1) is 0 Å². The van der Waals surface area contributed by atoms with Crippen molar-refractivity contribution in [1.82, 2.24) is 0 Å². The fourth-order valence-electron chi connectivity index (χ4n) is 0.828. The molecule has 0 radical (unpaired) electrons. The molecule has 0 unspecified atom stereocenters. The molecule has 44 valence electrons. The molecule has 0 heterocycles. The Morgan fingerprint density at radius 3 is 2.75 bits per heavy atom.